The second kappa shape index (κ2) is 8.21. The van der Waals surface area contributed by atoms with Gasteiger partial charge in [0.2, 0.25) is 0 Å². The molecule has 0 aliphatic rings. The van der Waals surface area contributed by atoms with Gasteiger partial charge in [0.05, 0.1) is 0 Å². The average molecular weight is 276 g/mol. The Labute approximate surface area is 116 Å². The van der Waals surface area contributed by atoms with Crippen molar-refractivity contribution in [1.29, 1.82) is 0 Å². The lowest BCUT2D eigenvalue weighted by Gasteiger charge is -1.96. The van der Waals surface area contributed by atoms with Gasteiger partial charge in [-0.05, 0) is 17.0 Å². The molecule has 2 aromatic rings. The minimum atomic E-state index is -0.562. The topological polar surface area (TPSA) is 43.4 Å². The van der Waals surface area contributed by atoms with Crippen molar-refractivity contribution in [3.05, 3.63) is 58.3 Å². The number of hydrogen-bond donors (Lipinski definition) is 0. The Balaban J connectivity index is 0.000000224. The van der Waals surface area contributed by atoms with Gasteiger partial charge in [0.1, 0.15) is 0 Å². The van der Waals surface area contributed by atoms with Crippen molar-refractivity contribution in [1.82, 2.24) is 0 Å². The summed E-state index contributed by atoms with van der Waals surface area (Å²) in [6.07, 6.45) is 1.07. The van der Waals surface area contributed by atoms with E-state index in [2.05, 4.69) is 52.6 Å². The second-order valence-corrected chi connectivity index (χ2v) is 4.86. The molecule has 100 valence electrons. The van der Waals surface area contributed by atoms with Crippen LogP contribution in [0.5, 0.6) is 0 Å². The van der Waals surface area contributed by atoms with Gasteiger partial charge in [-0.1, -0.05) is 36.4 Å². The quantitative estimate of drug-likeness (QED) is 0.623. The molecule has 0 aliphatic carbocycles. The molecule has 0 saturated carbocycles. The molecule has 0 aliphatic heterocycles. The third kappa shape index (κ3) is 7.16. The number of carbonyl (C=O) groups excluding carboxylic acids is 2. The Morgan fingerprint density at radius 3 is 2.05 bits per heavy atom. The fourth-order valence-electron chi connectivity index (χ4n) is 1.41. The zero-order chi connectivity index (χ0) is 14.1. The molecule has 0 N–H and O–H groups in total. The maximum atomic E-state index is 9.81. The Bertz CT molecular complexity index is 491. The van der Waals surface area contributed by atoms with Crippen LogP contribution in [-0.2, 0) is 20.7 Å². The molecule has 3 nitrogen and oxygen atoms in total. The van der Waals surface area contributed by atoms with Crippen LogP contribution in [0.3, 0.4) is 0 Å². The van der Waals surface area contributed by atoms with E-state index in [1.807, 2.05) is 11.3 Å². The molecule has 4 heteroatoms. The molecule has 0 saturated heterocycles. The normalized spacial score (nSPS) is 9.16. The number of esters is 2. The standard InChI is InChI=1S/C11H10S.C4H6O3/c1-2-5-10(6-3-1)9-11-7-4-8-12-11;1-3(5)7-4(2)6/h1-8H,9H2;1-2H3. The summed E-state index contributed by atoms with van der Waals surface area (Å²) in [7, 11) is 0. The highest BCUT2D eigenvalue weighted by Crippen LogP contribution is 2.13. The van der Waals surface area contributed by atoms with E-state index in [4.69, 9.17) is 0 Å². The third-order valence-corrected chi connectivity index (χ3v) is 2.97. The summed E-state index contributed by atoms with van der Waals surface area (Å²) in [5.41, 5.74) is 1.39. The first kappa shape index (κ1) is 15.1. The number of benzene rings is 1. The van der Waals surface area contributed by atoms with Gasteiger partial charge < -0.3 is 4.74 Å². The third-order valence-electron chi connectivity index (χ3n) is 2.09. The predicted octanol–water partition coefficient (Wildman–Crippen LogP) is 3.43. The fourth-order valence-corrected chi connectivity index (χ4v) is 2.15. The molecule has 0 atom stereocenters. The summed E-state index contributed by atoms with van der Waals surface area (Å²) in [6.45, 7) is 2.36. The summed E-state index contributed by atoms with van der Waals surface area (Å²) in [4.78, 5) is 21.1. The van der Waals surface area contributed by atoms with Gasteiger partial charge in [-0.2, -0.15) is 0 Å². The van der Waals surface area contributed by atoms with Crippen molar-refractivity contribution in [3.63, 3.8) is 0 Å². The van der Waals surface area contributed by atoms with E-state index in [0.717, 1.165) is 6.42 Å². The molecule has 0 spiro atoms. The zero-order valence-electron chi connectivity index (χ0n) is 11.0. The molecule has 0 fully saturated rings. The van der Waals surface area contributed by atoms with Gasteiger partial charge in [-0.25, -0.2) is 0 Å². The molecular formula is C15H16O3S. The average Bonchev–Trinajstić information content (AvgIpc) is 2.82. The summed E-state index contributed by atoms with van der Waals surface area (Å²) < 4.78 is 3.97. The molecule has 0 radical (unpaired) electrons. The van der Waals surface area contributed by atoms with Crippen molar-refractivity contribution >= 4 is 23.3 Å². The smallest absolute Gasteiger partial charge is 0.310 e. The number of rotatable bonds is 2. The van der Waals surface area contributed by atoms with Crippen molar-refractivity contribution in [2.24, 2.45) is 0 Å². The van der Waals surface area contributed by atoms with Gasteiger partial charge in [0.15, 0.2) is 0 Å². The molecule has 1 aromatic heterocycles. The zero-order valence-corrected chi connectivity index (χ0v) is 11.8. The van der Waals surface area contributed by atoms with Gasteiger partial charge in [0, 0.05) is 25.1 Å². The van der Waals surface area contributed by atoms with E-state index in [9.17, 15) is 9.59 Å². The second-order valence-electron chi connectivity index (χ2n) is 3.83. The van der Waals surface area contributed by atoms with Crippen LogP contribution < -0.4 is 0 Å². The number of hydrogen-bond acceptors (Lipinski definition) is 4. The van der Waals surface area contributed by atoms with Crippen LogP contribution >= 0.6 is 11.3 Å². The summed E-state index contributed by atoms with van der Waals surface area (Å²) in [5, 5.41) is 2.12. The Hall–Kier alpha value is -1.94. The van der Waals surface area contributed by atoms with Gasteiger partial charge in [0.25, 0.3) is 0 Å². The van der Waals surface area contributed by atoms with Crippen LogP contribution in [-0.4, -0.2) is 11.9 Å². The summed E-state index contributed by atoms with van der Waals surface area (Å²) >= 11 is 1.82. The SMILES string of the molecule is CC(=O)OC(C)=O.c1ccc(Cc2cccs2)cc1. The van der Waals surface area contributed by atoms with Crippen LogP contribution in [0.15, 0.2) is 47.8 Å². The monoisotopic (exact) mass is 276 g/mol. The molecule has 0 amide bonds. The molecular weight excluding hydrogens is 260 g/mol. The molecule has 0 unspecified atom stereocenters. The van der Waals surface area contributed by atoms with Crippen LogP contribution in [0.4, 0.5) is 0 Å². The molecule has 19 heavy (non-hydrogen) atoms. The lowest BCUT2D eigenvalue weighted by molar-refractivity contribution is -0.156. The lowest BCUT2D eigenvalue weighted by atomic mass is 10.1. The van der Waals surface area contributed by atoms with E-state index in [1.54, 1.807) is 0 Å². The maximum Gasteiger partial charge on any atom is 0.310 e. The Morgan fingerprint density at radius 2 is 1.63 bits per heavy atom. The first-order valence-electron chi connectivity index (χ1n) is 5.83. The van der Waals surface area contributed by atoms with Crippen LogP contribution in [0.1, 0.15) is 24.3 Å². The number of ether oxygens (including phenoxy) is 1. The van der Waals surface area contributed by atoms with Crippen molar-refractivity contribution in [2.75, 3.05) is 0 Å². The van der Waals surface area contributed by atoms with Crippen molar-refractivity contribution < 1.29 is 14.3 Å². The van der Waals surface area contributed by atoms with Crippen LogP contribution in [0.25, 0.3) is 0 Å². The molecule has 1 aromatic carbocycles. The highest BCUT2D eigenvalue weighted by atomic mass is 32.1. The van der Waals surface area contributed by atoms with E-state index < -0.39 is 11.9 Å². The van der Waals surface area contributed by atoms with E-state index >= 15 is 0 Å². The summed E-state index contributed by atoms with van der Waals surface area (Å²) in [6, 6.07) is 14.8. The fraction of sp³-hybridized carbons (Fsp3) is 0.200. The number of thiophene rings is 1. The van der Waals surface area contributed by atoms with Gasteiger partial charge in [-0.15, -0.1) is 11.3 Å². The van der Waals surface area contributed by atoms with Crippen molar-refractivity contribution in [3.8, 4) is 0 Å². The van der Waals surface area contributed by atoms with Crippen LogP contribution in [0, 0.1) is 0 Å². The van der Waals surface area contributed by atoms with Crippen LogP contribution in [0.2, 0.25) is 0 Å². The molecule has 1 heterocycles. The summed E-state index contributed by atoms with van der Waals surface area (Å²) in [5.74, 6) is -1.12. The minimum absolute atomic E-state index is 0.562. The predicted molar refractivity (Wildman–Crippen MR) is 76.0 cm³/mol. The minimum Gasteiger partial charge on any atom is -0.394 e. The highest BCUT2D eigenvalue weighted by Gasteiger charge is 1.94. The van der Waals surface area contributed by atoms with Crippen molar-refractivity contribution in [2.45, 2.75) is 20.3 Å². The Morgan fingerprint density at radius 1 is 1.00 bits per heavy atom. The molecule has 2 rings (SSSR count). The lowest BCUT2D eigenvalue weighted by Crippen LogP contribution is -2.03. The Kier molecular flexibility index (Phi) is 6.53. The van der Waals surface area contributed by atoms with E-state index in [0.29, 0.717) is 0 Å². The molecule has 0 bridgehead atoms. The largest absolute Gasteiger partial charge is 0.394 e. The van der Waals surface area contributed by atoms with E-state index in [-0.39, 0.29) is 0 Å². The van der Waals surface area contributed by atoms with Gasteiger partial charge >= 0.3 is 11.9 Å². The first-order chi connectivity index (χ1) is 9.08. The first-order valence-corrected chi connectivity index (χ1v) is 6.71. The highest BCUT2D eigenvalue weighted by molar-refractivity contribution is 7.09. The van der Waals surface area contributed by atoms with E-state index in [1.165, 1.54) is 24.3 Å². The van der Waals surface area contributed by atoms with Gasteiger partial charge in [-0.3, -0.25) is 9.59 Å². The maximum absolute atomic E-state index is 9.81. The number of carbonyl (C=O) groups is 2.